The molecule has 1 aliphatic rings. The minimum Gasteiger partial charge on any atom is -0.314 e. The van der Waals surface area contributed by atoms with Crippen molar-refractivity contribution in [2.75, 3.05) is 32.4 Å². The molecule has 1 heterocycles. The van der Waals surface area contributed by atoms with Crippen molar-refractivity contribution in [2.24, 2.45) is 0 Å². The van der Waals surface area contributed by atoms with Gasteiger partial charge in [0.2, 0.25) is 0 Å². The van der Waals surface area contributed by atoms with E-state index in [0.29, 0.717) is 0 Å². The predicted molar refractivity (Wildman–Crippen MR) is 75.3 cm³/mol. The molecule has 96 valence electrons. The van der Waals surface area contributed by atoms with Crippen LogP contribution in [0.3, 0.4) is 0 Å². The second-order valence-corrected chi connectivity index (χ2v) is 6.18. The van der Waals surface area contributed by atoms with Crippen LogP contribution >= 0.6 is 11.8 Å². The lowest BCUT2D eigenvalue weighted by Crippen LogP contribution is -2.43. The molecule has 1 fully saturated rings. The van der Waals surface area contributed by atoms with Gasteiger partial charge in [0.05, 0.1) is 0 Å². The molecule has 3 heteroatoms. The summed E-state index contributed by atoms with van der Waals surface area (Å²) in [5.41, 5.74) is 0. The van der Waals surface area contributed by atoms with E-state index >= 15 is 0 Å². The van der Waals surface area contributed by atoms with Gasteiger partial charge in [-0.05, 0) is 58.1 Å². The summed E-state index contributed by atoms with van der Waals surface area (Å²) in [6, 6.07) is 0.780. The smallest absolute Gasteiger partial charge is 0.00914 e. The lowest BCUT2D eigenvalue weighted by Gasteiger charge is -2.32. The van der Waals surface area contributed by atoms with Crippen LogP contribution in [0.25, 0.3) is 0 Å². The van der Waals surface area contributed by atoms with Gasteiger partial charge < -0.3 is 10.2 Å². The Balaban J connectivity index is 2.03. The van der Waals surface area contributed by atoms with Crippen LogP contribution in [0.5, 0.6) is 0 Å². The van der Waals surface area contributed by atoms with Crippen molar-refractivity contribution >= 4 is 11.8 Å². The molecule has 1 N–H and O–H groups in total. The number of piperidine rings is 1. The zero-order chi connectivity index (χ0) is 11.8. The van der Waals surface area contributed by atoms with E-state index in [-0.39, 0.29) is 0 Å². The summed E-state index contributed by atoms with van der Waals surface area (Å²) in [5, 5.41) is 4.51. The monoisotopic (exact) mass is 244 g/mol. The molecule has 0 saturated carbocycles. The topological polar surface area (TPSA) is 15.3 Å². The zero-order valence-corrected chi connectivity index (χ0v) is 12.0. The number of rotatable bonds is 7. The molecule has 0 aromatic rings. The van der Waals surface area contributed by atoms with Gasteiger partial charge in [0.15, 0.2) is 0 Å². The standard InChI is InChI=1S/C13H28N2S/c1-4-9-15-10-6-13(7-11-15)14-8-5-12(2)16-3/h12-14H,4-11H2,1-3H3. The molecule has 0 aliphatic carbocycles. The Bertz CT molecular complexity index is 167. The SMILES string of the molecule is CCCN1CCC(NCCC(C)SC)CC1. The molecule has 0 bridgehead atoms. The number of thioether (sulfide) groups is 1. The molecule has 1 aliphatic heterocycles. The molecule has 16 heavy (non-hydrogen) atoms. The summed E-state index contributed by atoms with van der Waals surface area (Å²) in [6.45, 7) is 9.66. The summed E-state index contributed by atoms with van der Waals surface area (Å²) in [7, 11) is 0. The van der Waals surface area contributed by atoms with E-state index in [0.717, 1.165) is 11.3 Å². The van der Waals surface area contributed by atoms with Crippen LogP contribution in [0, 0.1) is 0 Å². The minimum absolute atomic E-state index is 0.780. The number of hydrogen-bond donors (Lipinski definition) is 1. The summed E-state index contributed by atoms with van der Waals surface area (Å²) in [4.78, 5) is 2.60. The average molecular weight is 244 g/mol. The Kier molecular flexibility index (Phi) is 7.50. The highest BCUT2D eigenvalue weighted by Gasteiger charge is 2.17. The van der Waals surface area contributed by atoms with Gasteiger partial charge in [-0.15, -0.1) is 0 Å². The molecular weight excluding hydrogens is 216 g/mol. The molecule has 0 spiro atoms. The number of hydrogen-bond acceptors (Lipinski definition) is 3. The molecule has 1 rings (SSSR count). The average Bonchev–Trinajstić information content (AvgIpc) is 2.31. The quantitative estimate of drug-likeness (QED) is 0.741. The molecule has 0 aromatic carbocycles. The van der Waals surface area contributed by atoms with Crippen molar-refractivity contribution in [2.45, 2.75) is 50.8 Å². The first-order valence-corrected chi connectivity index (χ1v) is 8.03. The largest absolute Gasteiger partial charge is 0.314 e. The van der Waals surface area contributed by atoms with Crippen molar-refractivity contribution in [1.82, 2.24) is 10.2 Å². The Hall–Kier alpha value is 0.270. The second kappa shape index (κ2) is 8.37. The van der Waals surface area contributed by atoms with Gasteiger partial charge in [-0.1, -0.05) is 13.8 Å². The fourth-order valence-corrected chi connectivity index (χ4v) is 2.64. The van der Waals surface area contributed by atoms with Crippen LogP contribution in [0.1, 0.15) is 39.5 Å². The van der Waals surface area contributed by atoms with Crippen molar-refractivity contribution in [3.05, 3.63) is 0 Å². The summed E-state index contributed by atoms with van der Waals surface area (Å²) in [5.74, 6) is 0. The van der Waals surface area contributed by atoms with Crippen LogP contribution in [0.15, 0.2) is 0 Å². The third-order valence-electron chi connectivity index (χ3n) is 3.51. The maximum atomic E-state index is 3.71. The first-order chi connectivity index (χ1) is 7.76. The third-order valence-corrected chi connectivity index (χ3v) is 4.55. The van der Waals surface area contributed by atoms with Crippen LogP contribution in [-0.4, -0.2) is 48.6 Å². The van der Waals surface area contributed by atoms with E-state index in [4.69, 9.17) is 0 Å². The van der Waals surface area contributed by atoms with Gasteiger partial charge in [-0.3, -0.25) is 0 Å². The van der Waals surface area contributed by atoms with E-state index in [1.54, 1.807) is 0 Å². The number of nitrogens with one attached hydrogen (secondary N) is 1. The molecule has 0 aromatic heterocycles. The van der Waals surface area contributed by atoms with Crippen molar-refractivity contribution in [3.63, 3.8) is 0 Å². The van der Waals surface area contributed by atoms with Crippen LogP contribution in [0.4, 0.5) is 0 Å². The second-order valence-electron chi connectivity index (χ2n) is 4.91. The van der Waals surface area contributed by atoms with Crippen molar-refractivity contribution < 1.29 is 0 Å². The van der Waals surface area contributed by atoms with Crippen LogP contribution < -0.4 is 5.32 Å². The Morgan fingerprint density at radius 3 is 2.62 bits per heavy atom. The lowest BCUT2D eigenvalue weighted by atomic mass is 10.0. The highest BCUT2D eigenvalue weighted by Crippen LogP contribution is 2.12. The van der Waals surface area contributed by atoms with Crippen molar-refractivity contribution in [1.29, 1.82) is 0 Å². The molecule has 2 nitrogen and oxygen atoms in total. The number of likely N-dealkylation sites (tertiary alicyclic amines) is 1. The van der Waals surface area contributed by atoms with Crippen LogP contribution in [0.2, 0.25) is 0 Å². The van der Waals surface area contributed by atoms with E-state index in [1.807, 2.05) is 11.8 Å². The van der Waals surface area contributed by atoms with Gasteiger partial charge in [-0.25, -0.2) is 0 Å². The normalized spacial score (nSPS) is 21.2. The summed E-state index contributed by atoms with van der Waals surface area (Å²) in [6.07, 6.45) is 7.48. The third kappa shape index (κ3) is 5.55. The maximum Gasteiger partial charge on any atom is 0.00914 e. The van der Waals surface area contributed by atoms with Gasteiger partial charge in [0.1, 0.15) is 0 Å². The van der Waals surface area contributed by atoms with Gasteiger partial charge in [-0.2, -0.15) is 11.8 Å². The fourth-order valence-electron chi connectivity index (χ4n) is 2.29. The fraction of sp³-hybridized carbons (Fsp3) is 1.00. The van der Waals surface area contributed by atoms with E-state index < -0.39 is 0 Å². The molecule has 0 amide bonds. The van der Waals surface area contributed by atoms with E-state index in [1.165, 1.54) is 51.9 Å². The van der Waals surface area contributed by atoms with E-state index in [2.05, 4.69) is 30.3 Å². The molecule has 1 unspecified atom stereocenters. The minimum atomic E-state index is 0.780. The summed E-state index contributed by atoms with van der Waals surface area (Å²) < 4.78 is 0. The highest BCUT2D eigenvalue weighted by atomic mass is 32.2. The Morgan fingerprint density at radius 2 is 2.06 bits per heavy atom. The predicted octanol–water partition coefficient (Wildman–Crippen LogP) is 2.59. The summed E-state index contributed by atoms with van der Waals surface area (Å²) >= 11 is 1.97. The molecule has 0 radical (unpaired) electrons. The molecular formula is C13H28N2S. The highest BCUT2D eigenvalue weighted by molar-refractivity contribution is 7.99. The zero-order valence-electron chi connectivity index (χ0n) is 11.2. The Morgan fingerprint density at radius 1 is 1.38 bits per heavy atom. The Labute approximate surface area is 106 Å². The maximum absolute atomic E-state index is 3.71. The first kappa shape index (κ1) is 14.3. The van der Waals surface area contributed by atoms with Gasteiger partial charge in [0.25, 0.3) is 0 Å². The van der Waals surface area contributed by atoms with E-state index in [9.17, 15) is 0 Å². The van der Waals surface area contributed by atoms with Crippen molar-refractivity contribution in [3.8, 4) is 0 Å². The van der Waals surface area contributed by atoms with Gasteiger partial charge >= 0.3 is 0 Å². The van der Waals surface area contributed by atoms with Crippen LogP contribution in [-0.2, 0) is 0 Å². The first-order valence-electron chi connectivity index (χ1n) is 6.74. The molecule has 1 atom stereocenters. The lowest BCUT2D eigenvalue weighted by molar-refractivity contribution is 0.198. The molecule has 1 saturated heterocycles. The number of nitrogens with zero attached hydrogens (tertiary/aromatic N) is 1. The van der Waals surface area contributed by atoms with Gasteiger partial charge in [0, 0.05) is 11.3 Å².